The van der Waals surface area contributed by atoms with E-state index < -0.39 is 0 Å². The summed E-state index contributed by atoms with van der Waals surface area (Å²) in [5.41, 5.74) is 1.45. The quantitative estimate of drug-likeness (QED) is 0.659. The van der Waals surface area contributed by atoms with Crippen LogP contribution < -0.4 is 0 Å². The molecule has 0 unspecified atom stereocenters. The summed E-state index contributed by atoms with van der Waals surface area (Å²) in [6.07, 6.45) is 0. The van der Waals surface area contributed by atoms with Crippen molar-refractivity contribution in [1.82, 2.24) is 9.78 Å². The number of rotatable bonds is 0. The molecule has 2 nitrogen and oxygen atoms in total. The van der Waals surface area contributed by atoms with E-state index in [0.717, 1.165) is 11.1 Å². The van der Waals surface area contributed by atoms with Crippen molar-refractivity contribution in [2.75, 3.05) is 0 Å². The van der Waals surface area contributed by atoms with E-state index in [1.54, 1.807) is 17.8 Å². The Labute approximate surface area is 97.1 Å². The fourth-order valence-corrected chi connectivity index (χ4v) is 1.47. The summed E-state index contributed by atoms with van der Waals surface area (Å²) in [4.78, 5) is 0. The Kier molecular flexibility index (Phi) is 6.38. The van der Waals surface area contributed by atoms with Gasteiger partial charge in [0.15, 0.2) is 0 Å². The minimum atomic E-state index is -0.212. The summed E-state index contributed by atoms with van der Waals surface area (Å²) in [5, 5.41) is 5.01. The molecular formula is C13H21FN2. The van der Waals surface area contributed by atoms with Crippen LogP contribution in [0.3, 0.4) is 0 Å². The summed E-state index contributed by atoms with van der Waals surface area (Å²) >= 11 is 0. The van der Waals surface area contributed by atoms with Crippen LogP contribution >= 0.6 is 0 Å². The Morgan fingerprint density at radius 2 is 1.69 bits per heavy atom. The first-order chi connectivity index (χ1) is 7.70. The maximum atomic E-state index is 13.2. The maximum Gasteiger partial charge on any atom is 0.149 e. The SMILES string of the molecule is CC.CC.Cc1nn(C)c2c(F)cccc12. The molecular weight excluding hydrogens is 203 g/mol. The highest BCUT2D eigenvalue weighted by Crippen LogP contribution is 2.19. The van der Waals surface area contributed by atoms with Gasteiger partial charge < -0.3 is 0 Å². The highest BCUT2D eigenvalue weighted by atomic mass is 19.1. The number of hydrogen-bond donors (Lipinski definition) is 0. The normalized spacial score (nSPS) is 8.94. The number of fused-ring (bicyclic) bond motifs is 1. The monoisotopic (exact) mass is 224 g/mol. The van der Waals surface area contributed by atoms with Crippen molar-refractivity contribution in [1.29, 1.82) is 0 Å². The van der Waals surface area contributed by atoms with Crippen molar-refractivity contribution >= 4 is 10.9 Å². The number of halogens is 1. The molecule has 0 N–H and O–H groups in total. The number of nitrogens with zero attached hydrogens (tertiary/aromatic N) is 2. The first kappa shape index (κ1) is 14.6. The molecule has 0 aliphatic heterocycles. The lowest BCUT2D eigenvalue weighted by molar-refractivity contribution is 0.625. The maximum absolute atomic E-state index is 13.2. The van der Waals surface area contributed by atoms with Gasteiger partial charge in [-0.15, -0.1) is 0 Å². The van der Waals surface area contributed by atoms with E-state index in [9.17, 15) is 4.39 Å². The highest BCUT2D eigenvalue weighted by Gasteiger charge is 2.07. The molecule has 0 fully saturated rings. The molecule has 0 bridgehead atoms. The third kappa shape index (κ3) is 2.81. The molecule has 0 atom stereocenters. The first-order valence-corrected chi connectivity index (χ1v) is 5.78. The zero-order chi connectivity index (χ0) is 12.7. The van der Waals surface area contributed by atoms with E-state index in [2.05, 4.69) is 5.10 Å². The summed E-state index contributed by atoms with van der Waals surface area (Å²) in [6, 6.07) is 5.02. The van der Waals surface area contributed by atoms with E-state index in [4.69, 9.17) is 0 Å². The molecule has 3 heteroatoms. The molecule has 0 saturated heterocycles. The van der Waals surface area contributed by atoms with Crippen LogP contribution in [0, 0.1) is 12.7 Å². The second kappa shape index (κ2) is 6.99. The lowest BCUT2D eigenvalue weighted by Crippen LogP contribution is -1.91. The predicted octanol–water partition coefficient (Wildman–Crippen LogP) is 4.07. The average molecular weight is 224 g/mol. The van der Waals surface area contributed by atoms with Crippen LogP contribution in [-0.2, 0) is 7.05 Å². The fraction of sp³-hybridized carbons (Fsp3) is 0.462. The zero-order valence-electron chi connectivity index (χ0n) is 11.0. The third-order valence-electron chi connectivity index (χ3n) is 2.00. The Balaban J connectivity index is 0.000000509. The minimum absolute atomic E-state index is 0.212. The number of aryl methyl sites for hydroxylation is 2. The molecule has 0 spiro atoms. The number of benzene rings is 1. The number of para-hydroxylation sites is 1. The van der Waals surface area contributed by atoms with Crippen LogP contribution in [0.2, 0.25) is 0 Å². The first-order valence-electron chi connectivity index (χ1n) is 5.78. The van der Waals surface area contributed by atoms with Crippen LogP contribution in [0.15, 0.2) is 18.2 Å². The molecule has 0 amide bonds. The molecule has 16 heavy (non-hydrogen) atoms. The lowest BCUT2D eigenvalue weighted by Gasteiger charge is -1.94. The lowest BCUT2D eigenvalue weighted by atomic mass is 10.2. The van der Waals surface area contributed by atoms with Crippen molar-refractivity contribution < 1.29 is 4.39 Å². The molecule has 0 radical (unpaired) electrons. The summed E-state index contributed by atoms with van der Waals surface area (Å²) in [6.45, 7) is 9.88. The Bertz CT molecular complexity index is 433. The Morgan fingerprint density at radius 1 is 1.12 bits per heavy atom. The molecule has 2 rings (SSSR count). The minimum Gasteiger partial charge on any atom is -0.265 e. The van der Waals surface area contributed by atoms with Crippen molar-refractivity contribution in [3.8, 4) is 0 Å². The summed E-state index contributed by atoms with van der Waals surface area (Å²) in [7, 11) is 1.75. The van der Waals surface area contributed by atoms with Gasteiger partial charge >= 0.3 is 0 Å². The van der Waals surface area contributed by atoms with Crippen molar-refractivity contribution in [2.45, 2.75) is 34.6 Å². The van der Waals surface area contributed by atoms with E-state index in [1.165, 1.54) is 6.07 Å². The van der Waals surface area contributed by atoms with Gasteiger partial charge in [0.1, 0.15) is 11.3 Å². The molecule has 1 heterocycles. The summed E-state index contributed by atoms with van der Waals surface area (Å²) in [5.74, 6) is -0.212. The molecule has 2 aromatic rings. The molecule has 90 valence electrons. The molecule has 1 aromatic heterocycles. The number of aromatic nitrogens is 2. The van der Waals surface area contributed by atoms with Gasteiger partial charge in [0.25, 0.3) is 0 Å². The van der Waals surface area contributed by atoms with Gasteiger partial charge in [-0.25, -0.2) is 4.39 Å². The van der Waals surface area contributed by atoms with Gasteiger partial charge in [-0.1, -0.05) is 39.8 Å². The van der Waals surface area contributed by atoms with Crippen molar-refractivity contribution in [3.63, 3.8) is 0 Å². The van der Waals surface area contributed by atoms with Gasteiger partial charge in [0.05, 0.1) is 5.69 Å². The van der Waals surface area contributed by atoms with Crippen LogP contribution in [0.4, 0.5) is 4.39 Å². The van der Waals surface area contributed by atoms with E-state index in [0.29, 0.717) is 5.52 Å². The average Bonchev–Trinajstić information content (AvgIpc) is 2.61. The predicted molar refractivity (Wildman–Crippen MR) is 68.1 cm³/mol. The van der Waals surface area contributed by atoms with Crippen molar-refractivity contribution in [3.05, 3.63) is 29.7 Å². The Hall–Kier alpha value is -1.38. The van der Waals surface area contributed by atoms with Gasteiger partial charge in [0, 0.05) is 12.4 Å². The standard InChI is InChI=1S/C9H9FN2.2C2H6/c1-6-7-4-3-5-8(10)9(7)12(2)11-6;2*1-2/h3-5H,1-2H3;2*1-2H3. The smallest absolute Gasteiger partial charge is 0.149 e. The zero-order valence-corrected chi connectivity index (χ0v) is 11.0. The number of hydrogen-bond acceptors (Lipinski definition) is 1. The second-order valence-corrected chi connectivity index (χ2v) is 2.85. The van der Waals surface area contributed by atoms with Crippen LogP contribution in [0.1, 0.15) is 33.4 Å². The Morgan fingerprint density at radius 3 is 2.19 bits per heavy atom. The van der Waals surface area contributed by atoms with Gasteiger partial charge in [-0.3, -0.25) is 4.68 Å². The van der Waals surface area contributed by atoms with E-state index >= 15 is 0 Å². The summed E-state index contributed by atoms with van der Waals surface area (Å²) < 4.78 is 14.8. The molecule has 1 aromatic carbocycles. The highest BCUT2D eigenvalue weighted by molar-refractivity contribution is 5.82. The molecule has 0 saturated carbocycles. The van der Waals surface area contributed by atoms with Crippen LogP contribution in [0.25, 0.3) is 10.9 Å². The van der Waals surface area contributed by atoms with E-state index in [-0.39, 0.29) is 5.82 Å². The van der Waals surface area contributed by atoms with E-state index in [1.807, 2.05) is 40.7 Å². The van der Waals surface area contributed by atoms with Crippen LogP contribution in [0.5, 0.6) is 0 Å². The largest absolute Gasteiger partial charge is 0.265 e. The van der Waals surface area contributed by atoms with Crippen LogP contribution in [-0.4, -0.2) is 9.78 Å². The fourth-order valence-electron chi connectivity index (χ4n) is 1.47. The second-order valence-electron chi connectivity index (χ2n) is 2.85. The van der Waals surface area contributed by atoms with Crippen molar-refractivity contribution in [2.24, 2.45) is 7.05 Å². The van der Waals surface area contributed by atoms with Gasteiger partial charge in [-0.05, 0) is 13.0 Å². The molecule has 0 aliphatic carbocycles. The molecule has 0 aliphatic rings. The third-order valence-corrected chi connectivity index (χ3v) is 2.00. The topological polar surface area (TPSA) is 17.8 Å². The van der Waals surface area contributed by atoms with Gasteiger partial charge in [0.2, 0.25) is 0 Å². The van der Waals surface area contributed by atoms with Gasteiger partial charge in [-0.2, -0.15) is 5.10 Å².